The van der Waals surface area contributed by atoms with Crippen LogP contribution < -0.4 is 15.0 Å². The lowest BCUT2D eigenvalue weighted by Gasteiger charge is -2.20. The summed E-state index contributed by atoms with van der Waals surface area (Å²) in [4.78, 5) is 18.3. The fourth-order valence-electron chi connectivity index (χ4n) is 2.08. The summed E-state index contributed by atoms with van der Waals surface area (Å²) in [5.41, 5.74) is 1.04. The van der Waals surface area contributed by atoms with Gasteiger partial charge in [0.25, 0.3) is 5.91 Å². The first-order chi connectivity index (χ1) is 10.7. The van der Waals surface area contributed by atoms with Gasteiger partial charge in [-0.15, -0.1) is 0 Å². The lowest BCUT2D eigenvalue weighted by Crippen LogP contribution is -2.23. The van der Waals surface area contributed by atoms with E-state index in [1.165, 1.54) is 0 Å². The molecular weight excluding hydrogens is 278 g/mol. The molecule has 5 nitrogen and oxygen atoms in total. The van der Waals surface area contributed by atoms with Crippen molar-refractivity contribution in [2.45, 2.75) is 13.8 Å². The first-order valence-electron chi connectivity index (χ1n) is 7.41. The van der Waals surface area contributed by atoms with Crippen LogP contribution in [0, 0.1) is 0 Å². The van der Waals surface area contributed by atoms with Gasteiger partial charge in [-0.3, -0.25) is 4.79 Å². The fourth-order valence-corrected chi connectivity index (χ4v) is 2.08. The smallest absolute Gasteiger partial charge is 0.263 e. The minimum Gasteiger partial charge on any atom is -0.484 e. The largest absolute Gasteiger partial charge is 0.484 e. The molecule has 0 aliphatic heterocycles. The summed E-state index contributed by atoms with van der Waals surface area (Å²) >= 11 is 0. The van der Waals surface area contributed by atoms with Gasteiger partial charge in [-0.25, -0.2) is 4.98 Å². The summed E-state index contributed by atoms with van der Waals surface area (Å²) in [6, 6.07) is 13.0. The normalized spacial score (nSPS) is 10.1. The Labute approximate surface area is 130 Å². The number of nitrogens with one attached hydrogen (secondary N) is 1. The van der Waals surface area contributed by atoms with Crippen molar-refractivity contribution < 1.29 is 9.53 Å². The lowest BCUT2D eigenvalue weighted by molar-refractivity contribution is -0.118. The average Bonchev–Trinajstić information content (AvgIpc) is 2.56. The molecule has 116 valence electrons. The highest BCUT2D eigenvalue weighted by Gasteiger charge is 2.06. The predicted octanol–water partition coefficient (Wildman–Crippen LogP) is 2.95. The topological polar surface area (TPSA) is 54.5 Å². The van der Waals surface area contributed by atoms with E-state index in [2.05, 4.69) is 29.0 Å². The number of hydrogen-bond acceptors (Lipinski definition) is 4. The number of para-hydroxylation sites is 1. The molecular formula is C17H21N3O2. The number of nitrogens with zero attached hydrogens (tertiary/aromatic N) is 2. The van der Waals surface area contributed by atoms with Crippen LogP contribution in [-0.2, 0) is 4.79 Å². The van der Waals surface area contributed by atoms with Crippen molar-refractivity contribution >= 4 is 17.4 Å². The second kappa shape index (κ2) is 8.02. The van der Waals surface area contributed by atoms with Crippen molar-refractivity contribution in [2.75, 3.05) is 29.9 Å². The molecule has 1 amide bonds. The third kappa shape index (κ3) is 4.48. The van der Waals surface area contributed by atoms with Gasteiger partial charge in [-0.05, 0) is 38.1 Å². The van der Waals surface area contributed by atoms with Crippen LogP contribution in [0.5, 0.6) is 5.75 Å². The van der Waals surface area contributed by atoms with Gasteiger partial charge < -0.3 is 15.0 Å². The zero-order chi connectivity index (χ0) is 15.8. The Balaban J connectivity index is 1.86. The van der Waals surface area contributed by atoms with E-state index >= 15 is 0 Å². The number of carbonyl (C=O) groups excluding carboxylic acids is 1. The fraction of sp³-hybridized carbons (Fsp3) is 0.294. The number of carbonyl (C=O) groups is 1. The molecule has 0 saturated heterocycles. The Bertz CT molecular complexity index is 581. The summed E-state index contributed by atoms with van der Waals surface area (Å²) in [5.74, 6) is 0.965. The minimum absolute atomic E-state index is 0.0382. The number of benzene rings is 1. The SMILES string of the molecule is CCN(CC)c1ccc(NC(=O)COc2ccccc2)nc1. The van der Waals surface area contributed by atoms with Crippen LogP contribution in [0.25, 0.3) is 0 Å². The van der Waals surface area contributed by atoms with E-state index in [-0.39, 0.29) is 12.5 Å². The van der Waals surface area contributed by atoms with Crippen molar-refractivity contribution in [2.24, 2.45) is 0 Å². The molecule has 0 unspecified atom stereocenters. The van der Waals surface area contributed by atoms with Crippen LogP contribution in [0.4, 0.5) is 11.5 Å². The molecule has 0 fully saturated rings. The molecule has 0 atom stereocenters. The average molecular weight is 299 g/mol. The zero-order valence-corrected chi connectivity index (χ0v) is 13.0. The van der Waals surface area contributed by atoms with E-state index in [4.69, 9.17) is 4.74 Å². The highest BCUT2D eigenvalue weighted by molar-refractivity contribution is 5.91. The molecule has 0 radical (unpaired) electrons. The van der Waals surface area contributed by atoms with Crippen molar-refractivity contribution in [1.82, 2.24) is 4.98 Å². The number of pyridine rings is 1. The van der Waals surface area contributed by atoms with Gasteiger partial charge in [0.1, 0.15) is 11.6 Å². The maximum atomic E-state index is 11.8. The molecule has 1 N–H and O–H groups in total. The second-order valence-corrected chi connectivity index (χ2v) is 4.72. The lowest BCUT2D eigenvalue weighted by atomic mass is 10.3. The number of ether oxygens (including phenoxy) is 1. The van der Waals surface area contributed by atoms with E-state index in [0.29, 0.717) is 11.6 Å². The molecule has 1 heterocycles. The maximum Gasteiger partial charge on any atom is 0.263 e. The zero-order valence-electron chi connectivity index (χ0n) is 13.0. The molecule has 2 rings (SSSR count). The number of aromatic nitrogens is 1. The predicted molar refractivity (Wildman–Crippen MR) is 88.4 cm³/mol. The molecule has 22 heavy (non-hydrogen) atoms. The van der Waals surface area contributed by atoms with E-state index in [0.717, 1.165) is 18.8 Å². The highest BCUT2D eigenvalue weighted by Crippen LogP contribution is 2.14. The summed E-state index contributed by atoms with van der Waals surface area (Å²) in [6.07, 6.45) is 1.76. The third-order valence-electron chi connectivity index (χ3n) is 3.26. The van der Waals surface area contributed by atoms with E-state index in [1.54, 1.807) is 12.3 Å². The number of rotatable bonds is 7. The number of amides is 1. The molecule has 0 aliphatic rings. The van der Waals surface area contributed by atoms with Crippen molar-refractivity contribution in [3.63, 3.8) is 0 Å². The highest BCUT2D eigenvalue weighted by atomic mass is 16.5. The Morgan fingerprint density at radius 1 is 1.14 bits per heavy atom. The molecule has 0 bridgehead atoms. The standard InChI is InChI=1S/C17H21N3O2/c1-3-20(4-2)14-10-11-16(18-12-14)19-17(21)13-22-15-8-6-5-7-9-15/h5-12H,3-4,13H2,1-2H3,(H,18,19,21). The van der Waals surface area contributed by atoms with E-state index in [9.17, 15) is 4.79 Å². The molecule has 0 spiro atoms. The van der Waals surface area contributed by atoms with Crippen LogP contribution in [0.15, 0.2) is 48.7 Å². The van der Waals surface area contributed by atoms with Gasteiger partial charge >= 0.3 is 0 Å². The molecule has 1 aromatic carbocycles. The van der Waals surface area contributed by atoms with Gasteiger partial charge in [0.15, 0.2) is 6.61 Å². The van der Waals surface area contributed by atoms with Gasteiger partial charge in [-0.1, -0.05) is 18.2 Å². The van der Waals surface area contributed by atoms with Gasteiger partial charge in [0, 0.05) is 13.1 Å². The molecule has 5 heteroatoms. The monoisotopic (exact) mass is 299 g/mol. The van der Waals surface area contributed by atoms with Crippen molar-refractivity contribution in [1.29, 1.82) is 0 Å². The molecule has 2 aromatic rings. The third-order valence-corrected chi connectivity index (χ3v) is 3.26. The quantitative estimate of drug-likeness (QED) is 0.854. The Morgan fingerprint density at radius 2 is 1.86 bits per heavy atom. The molecule has 0 aliphatic carbocycles. The number of hydrogen-bond donors (Lipinski definition) is 1. The first kappa shape index (κ1) is 15.8. The van der Waals surface area contributed by atoms with Gasteiger partial charge in [-0.2, -0.15) is 0 Å². The molecule has 1 aromatic heterocycles. The first-order valence-corrected chi connectivity index (χ1v) is 7.41. The maximum absolute atomic E-state index is 11.8. The van der Waals surface area contributed by atoms with Crippen molar-refractivity contribution in [3.8, 4) is 5.75 Å². The van der Waals surface area contributed by atoms with E-state index in [1.807, 2.05) is 36.4 Å². The summed E-state index contributed by atoms with van der Waals surface area (Å²) in [7, 11) is 0. The summed E-state index contributed by atoms with van der Waals surface area (Å²) in [5, 5.41) is 2.72. The van der Waals surface area contributed by atoms with Crippen molar-refractivity contribution in [3.05, 3.63) is 48.7 Å². The van der Waals surface area contributed by atoms with Gasteiger partial charge in [0.2, 0.25) is 0 Å². The number of anilines is 2. The van der Waals surface area contributed by atoms with Crippen LogP contribution in [0.3, 0.4) is 0 Å². The van der Waals surface area contributed by atoms with Crippen LogP contribution in [-0.4, -0.2) is 30.6 Å². The van der Waals surface area contributed by atoms with Crippen LogP contribution >= 0.6 is 0 Å². The summed E-state index contributed by atoms with van der Waals surface area (Å²) < 4.78 is 5.39. The van der Waals surface area contributed by atoms with Gasteiger partial charge in [0.05, 0.1) is 11.9 Å². The van der Waals surface area contributed by atoms with E-state index < -0.39 is 0 Å². The summed E-state index contributed by atoms with van der Waals surface area (Å²) in [6.45, 7) is 6.01. The molecule has 0 saturated carbocycles. The Morgan fingerprint density at radius 3 is 2.45 bits per heavy atom. The minimum atomic E-state index is -0.230. The Hall–Kier alpha value is -2.56. The Kier molecular flexibility index (Phi) is 5.77. The van der Waals surface area contributed by atoms with Crippen LogP contribution in [0.2, 0.25) is 0 Å². The van der Waals surface area contributed by atoms with Crippen LogP contribution in [0.1, 0.15) is 13.8 Å². The second-order valence-electron chi connectivity index (χ2n) is 4.72.